The molecule has 17 heavy (non-hydrogen) atoms. The van der Waals surface area contributed by atoms with Crippen LogP contribution >= 0.6 is 0 Å². The van der Waals surface area contributed by atoms with Gasteiger partial charge >= 0.3 is 0 Å². The molecule has 2 aromatic heterocycles. The third-order valence-corrected chi connectivity index (χ3v) is 2.79. The zero-order valence-electron chi connectivity index (χ0n) is 9.46. The molecule has 3 rings (SSSR count). The average molecular weight is 224 g/mol. The number of aryl methyl sites for hydroxylation is 1. The minimum atomic E-state index is 0.486. The summed E-state index contributed by atoms with van der Waals surface area (Å²) in [5, 5.41) is 4.16. The summed E-state index contributed by atoms with van der Waals surface area (Å²) in [6.45, 7) is 2.08. The standard InChI is InChI=1S/C13H12N4/c1-9-4-2-3-5-11(9)10-7-15-13-6-12(14)16-17(13)8-10/h2-8H,1H3,(H2,14,16). The molecule has 0 fully saturated rings. The molecule has 0 unspecified atom stereocenters. The van der Waals surface area contributed by atoms with E-state index in [0.29, 0.717) is 5.82 Å². The number of nitrogen functional groups attached to an aromatic ring is 1. The Morgan fingerprint density at radius 1 is 1.24 bits per heavy atom. The molecular formula is C13H12N4. The highest BCUT2D eigenvalue weighted by Gasteiger charge is 2.04. The predicted octanol–water partition coefficient (Wildman–Crippen LogP) is 2.29. The van der Waals surface area contributed by atoms with E-state index in [1.165, 1.54) is 5.56 Å². The Morgan fingerprint density at radius 2 is 2.06 bits per heavy atom. The number of rotatable bonds is 1. The molecule has 1 aromatic carbocycles. The normalized spacial score (nSPS) is 10.9. The molecule has 0 bridgehead atoms. The Labute approximate surface area is 98.7 Å². The average Bonchev–Trinajstić information content (AvgIpc) is 2.68. The third-order valence-electron chi connectivity index (χ3n) is 2.79. The lowest BCUT2D eigenvalue weighted by atomic mass is 10.0. The Hall–Kier alpha value is -2.36. The van der Waals surface area contributed by atoms with Crippen LogP contribution in [0.3, 0.4) is 0 Å². The molecule has 0 aliphatic rings. The van der Waals surface area contributed by atoms with Gasteiger partial charge in [-0.25, -0.2) is 9.50 Å². The smallest absolute Gasteiger partial charge is 0.157 e. The van der Waals surface area contributed by atoms with Crippen LogP contribution in [0.4, 0.5) is 5.82 Å². The van der Waals surface area contributed by atoms with Crippen LogP contribution in [0.5, 0.6) is 0 Å². The van der Waals surface area contributed by atoms with Gasteiger partial charge < -0.3 is 5.73 Å². The summed E-state index contributed by atoms with van der Waals surface area (Å²) < 4.78 is 1.71. The molecule has 0 spiro atoms. The Morgan fingerprint density at radius 3 is 2.88 bits per heavy atom. The first-order chi connectivity index (χ1) is 8.24. The number of benzene rings is 1. The SMILES string of the molecule is Cc1ccccc1-c1cnc2cc(N)nn2c1. The van der Waals surface area contributed by atoms with Gasteiger partial charge in [0.25, 0.3) is 0 Å². The van der Waals surface area contributed by atoms with Gasteiger partial charge in [-0.1, -0.05) is 24.3 Å². The zero-order chi connectivity index (χ0) is 11.8. The molecule has 0 aliphatic heterocycles. The van der Waals surface area contributed by atoms with Crippen LogP contribution in [0.1, 0.15) is 5.56 Å². The van der Waals surface area contributed by atoms with Crippen molar-refractivity contribution in [1.82, 2.24) is 14.6 Å². The fourth-order valence-corrected chi connectivity index (χ4v) is 1.93. The molecule has 0 saturated carbocycles. The van der Waals surface area contributed by atoms with Crippen LogP contribution in [0.25, 0.3) is 16.8 Å². The second kappa shape index (κ2) is 3.59. The van der Waals surface area contributed by atoms with Crippen molar-refractivity contribution in [1.29, 1.82) is 0 Å². The van der Waals surface area contributed by atoms with Crippen molar-refractivity contribution in [2.24, 2.45) is 0 Å². The van der Waals surface area contributed by atoms with E-state index < -0.39 is 0 Å². The van der Waals surface area contributed by atoms with Gasteiger partial charge in [-0.2, -0.15) is 0 Å². The number of anilines is 1. The number of aromatic nitrogens is 3. The fourth-order valence-electron chi connectivity index (χ4n) is 1.93. The summed E-state index contributed by atoms with van der Waals surface area (Å²) in [4.78, 5) is 4.34. The highest BCUT2D eigenvalue weighted by atomic mass is 15.3. The van der Waals surface area contributed by atoms with E-state index in [1.54, 1.807) is 10.6 Å². The van der Waals surface area contributed by atoms with Crippen LogP contribution in [0.15, 0.2) is 42.7 Å². The van der Waals surface area contributed by atoms with Gasteiger partial charge in [-0.3, -0.25) is 0 Å². The Balaban J connectivity index is 2.21. The van der Waals surface area contributed by atoms with Gasteiger partial charge in [0.1, 0.15) is 5.82 Å². The summed E-state index contributed by atoms with van der Waals surface area (Å²) in [6, 6.07) is 9.95. The molecule has 0 saturated heterocycles. The third kappa shape index (κ3) is 1.63. The fraction of sp³-hybridized carbons (Fsp3) is 0.0769. The first-order valence-electron chi connectivity index (χ1n) is 5.41. The van der Waals surface area contributed by atoms with Crippen LogP contribution in [0.2, 0.25) is 0 Å². The highest BCUT2D eigenvalue weighted by Crippen LogP contribution is 2.22. The minimum absolute atomic E-state index is 0.486. The number of hydrogen-bond acceptors (Lipinski definition) is 3. The lowest BCUT2D eigenvalue weighted by molar-refractivity contribution is 0.947. The largest absolute Gasteiger partial charge is 0.382 e. The van der Waals surface area contributed by atoms with Gasteiger partial charge in [0.05, 0.1) is 0 Å². The van der Waals surface area contributed by atoms with Crippen molar-refractivity contribution in [3.8, 4) is 11.1 Å². The van der Waals surface area contributed by atoms with E-state index in [-0.39, 0.29) is 0 Å². The summed E-state index contributed by atoms with van der Waals surface area (Å²) in [6.07, 6.45) is 3.79. The van der Waals surface area contributed by atoms with E-state index >= 15 is 0 Å². The van der Waals surface area contributed by atoms with Gasteiger partial charge in [-0.15, -0.1) is 5.10 Å². The van der Waals surface area contributed by atoms with Crippen molar-refractivity contribution < 1.29 is 0 Å². The summed E-state index contributed by atoms with van der Waals surface area (Å²) >= 11 is 0. The first kappa shape index (κ1) is 9.84. The lowest BCUT2D eigenvalue weighted by Gasteiger charge is -2.05. The van der Waals surface area contributed by atoms with Crippen LogP contribution in [0, 0.1) is 6.92 Å². The lowest BCUT2D eigenvalue weighted by Crippen LogP contribution is -1.93. The van der Waals surface area contributed by atoms with E-state index in [1.807, 2.05) is 24.5 Å². The molecule has 0 radical (unpaired) electrons. The number of nitrogens with zero attached hydrogens (tertiary/aromatic N) is 3. The van der Waals surface area contributed by atoms with Gasteiger partial charge in [0.2, 0.25) is 0 Å². The first-order valence-corrected chi connectivity index (χ1v) is 5.41. The highest BCUT2D eigenvalue weighted by molar-refractivity contribution is 5.66. The quantitative estimate of drug-likeness (QED) is 0.690. The molecule has 84 valence electrons. The van der Waals surface area contributed by atoms with Crippen molar-refractivity contribution in [2.45, 2.75) is 6.92 Å². The maximum absolute atomic E-state index is 5.64. The molecule has 2 N–H and O–H groups in total. The van der Waals surface area contributed by atoms with Crippen molar-refractivity contribution in [3.05, 3.63) is 48.3 Å². The Bertz CT molecular complexity index is 685. The molecule has 4 nitrogen and oxygen atoms in total. The maximum Gasteiger partial charge on any atom is 0.157 e. The molecule has 0 amide bonds. The van der Waals surface area contributed by atoms with E-state index in [9.17, 15) is 0 Å². The van der Waals surface area contributed by atoms with Gasteiger partial charge in [0.15, 0.2) is 5.65 Å². The molecule has 0 atom stereocenters. The maximum atomic E-state index is 5.64. The monoisotopic (exact) mass is 224 g/mol. The number of fused-ring (bicyclic) bond motifs is 1. The molecule has 3 aromatic rings. The summed E-state index contributed by atoms with van der Waals surface area (Å²) in [5.74, 6) is 0.486. The van der Waals surface area contributed by atoms with Crippen LogP contribution in [-0.2, 0) is 0 Å². The second-order valence-electron chi connectivity index (χ2n) is 4.03. The Kier molecular flexibility index (Phi) is 2.08. The molecule has 2 heterocycles. The van der Waals surface area contributed by atoms with Crippen molar-refractivity contribution in [2.75, 3.05) is 5.73 Å². The molecule has 4 heteroatoms. The number of hydrogen-bond donors (Lipinski definition) is 1. The van der Waals surface area contributed by atoms with E-state index in [2.05, 4.69) is 29.1 Å². The van der Waals surface area contributed by atoms with E-state index in [4.69, 9.17) is 5.73 Å². The van der Waals surface area contributed by atoms with Gasteiger partial charge in [-0.05, 0) is 18.1 Å². The van der Waals surface area contributed by atoms with E-state index in [0.717, 1.165) is 16.8 Å². The topological polar surface area (TPSA) is 56.2 Å². The molecular weight excluding hydrogens is 212 g/mol. The van der Waals surface area contributed by atoms with Crippen molar-refractivity contribution >= 4 is 11.5 Å². The van der Waals surface area contributed by atoms with Crippen molar-refractivity contribution in [3.63, 3.8) is 0 Å². The number of nitrogens with two attached hydrogens (primary N) is 1. The van der Waals surface area contributed by atoms with Crippen LogP contribution < -0.4 is 5.73 Å². The summed E-state index contributed by atoms with van der Waals surface area (Å²) in [5.41, 5.74) is 9.82. The van der Waals surface area contributed by atoms with Crippen LogP contribution in [-0.4, -0.2) is 14.6 Å². The summed E-state index contributed by atoms with van der Waals surface area (Å²) in [7, 11) is 0. The zero-order valence-corrected chi connectivity index (χ0v) is 9.46. The second-order valence-corrected chi connectivity index (χ2v) is 4.03. The van der Waals surface area contributed by atoms with Gasteiger partial charge in [0, 0.05) is 24.0 Å². The minimum Gasteiger partial charge on any atom is -0.382 e. The predicted molar refractivity (Wildman–Crippen MR) is 67.6 cm³/mol. The molecule has 0 aliphatic carbocycles.